The molecule has 2 N–H and O–H groups in total. The van der Waals surface area contributed by atoms with Gasteiger partial charge in [0.2, 0.25) is 5.91 Å². The van der Waals surface area contributed by atoms with Gasteiger partial charge in [-0.25, -0.2) is 0 Å². The number of benzene rings is 1. The minimum atomic E-state index is -0.803. The zero-order chi connectivity index (χ0) is 21.0. The number of carbonyl (C=O) groups excluding carboxylic acids is 2. The maximum atomic E-state index is 13.3. The summed E-state index contributed by atoms with van der Waals surface area (Å²) in [7, 11) is 0. The number of halogens is 2. The largest absolute Gasteiger partial charge is 0.389 e. The van der Waals surface area contributed by atoms with Crippen molar-refractivity contribution in [1.82, 2.24) is 10.2 Å². The zero-order valence-corrected chi connectivity index (χ0v) is 17.8. The summed E-state index contributed by atoms with van der Waals surface area (Å²) in [6, 6.07) is 4.41. The van der Waals surface area contributed by atoms with Crippen molar-refractivity contribution >= 4 is 35.0 Å². The molecule has 160 valence electrons. The standard InChI is InChI=1S/C20H26Cl2N2O5/c1-2-23-19(26)8-16-3-4-17-18(29-16)11-28-10-15(25)9-24(17)20(27)12-5-13(21)7-14(22)6-12/h5-7,15-18,25H,2-4,8-11H2,1H3,(H,23,26)/t15-,16-,17+,18-/m1/s1. The van der Waals surface area contributed by atoms with Crippen molar-refractivity contribution < 1.29 is 24.2 Å². The molecule has 0 unspecified atom stereocenters. The molecule has 29 heavy (non-hydrogen) atoms. The summed E-state index contributed by atoms with van der Waals surface area (Å²) in [6.07, 6.45) is 0.141. The van der Waals surface area contributed by atoms with Gasteiger partial charge in [-0.1, -0.05) is 23.2 Å². The van der Waals surface area contributed by atoms with Crippen LogP contribution in [0.15, 0.2) is 18.2 Å². The smallest absolute Gasteiger partial charge is 0.254 e. The third-order valence-corrected chi connectivity index (χ3v) is 5.57. The first-order chi connectivity index (χ1) is 13.9. The van der Waals surface area contributed by atoms with Crippen LogP contribution >= 0.6 is 23.2 Å². The molecule has 0 radical (unpaired) electrons. The SMILES string of the molecule is CCNC(=O)C[C@H]1CC[C@H]2[C@@H](COC[C@H](O)CN2C(=O)c2cc(Cl)cc(Cl)c2)O1. The van der Waals surface area contributed by atoms with Crippen molar-refractivity contribution in [3.8, 4) is 0 Å². The minimum Gasteiger partial charge on any atom is -0.389 e. The van der Waals surface area contributed by atoms with Crippen LogP contribution in [0.5, 0.6) is 0 Å². The fourth-order valence-corrected chi connectivity index (χ4v) is 4.42. The van der Waals surface area contributed by atoms with Crippen molar-refractivity contribution in [1.29, 1.82) is 0 Å². The van der Waals surface area contributed by atoms with Gasteiger partial charge in [0.05, 0.1) is 37.9 Å². The van der Waals surface area contributed by atoms with Crippen LogP contribution in [0, 0.1) is 0 Å². The molecule has 0 bridgehead atoms. The van der Waals surface area contributed by atoms with Gasteiger partial charge in [0.25, 0.3) is 5.91 Å². The summed E-state index contributed by atoms with van der Waals surface area (Å²) in [6.45, 7) is 2.91. The number of nitrogens with zero attached hydrogens (tertiary/aromatic N) is 1. The van der Waals surface area contributed by atoms with Crippen LogP contribution in [-0.4, -0.2) is 72.5 Å². The molecule has 9 heteroatoms. The van der Waals surface area contributed by atoms with E-state index in [1.165, 1.54) is 0 Å². The number of fused-ring (bicyclic) bond motifs is 1. The Kier molecular flexibility index (Phi) is 7.76. The lowest BCUT2D eigenvalue weighted by Gasteiger charge is -2.44. The molecule has 1 aromatic carbocycles. The van der Waals surface area contributed by atoms with E-state index in [4.69, 9.17) is 32.7 Å². The summed E-state index contributed by atoms with van der Waals surface area (Å²) in [4.78, 5) is 26.8. The Morgan fingerprint density at radius 3 is 2.62 bits per heavy atom. The summed E-state index contributed by atoms with van der Waals surface area (Å²) < 4.78 is 11.7. The number of ether oxygens (including phenoxy) is 2. The maximum Gasteiger partial charge on any atom is 0.254 e. The molecule has 2 saturated heterocycles. The summed E-state index contributed by atoms with van der Waals surface area (Å²) in [5, 5.41) is 13.8. The molecule has 2 amide bonds. The van der Waals surface area contributed by atoms with Gasteiger partial charge in [-0.3, -0.25) is 9.59 Å². The normalized spacial score (nSPS) is 27.5. The molecule has 3 rings (SSSR count). The Labute approximate surface area is 180 Å². The van der Waals surface area contributed by atoms with Gasteiger partial charge in [0.1, 0.15) is 6.10 Å². The van der Waals surface area contributed by atoms with Crippen LogP contribution in [0.4, 0.5) is 0 Å². The second kappa shape index (κ2) is 10.1. The monoisotopic (exact) mass is 444 g/mol. The molecule has 2 aliphatic rings. The summed E-state index contributed by atoms with van der Waals surface area (Å²) in [5.41, 5.74) is 0.361. The quantitative estimate of drug-likeness (QED) is 0.743. The average molecular weight is 445 g/mol. The predicted molar refractivity (Wildman–Crippen MR) is 109 cm³/mol. The molecule has 4 atom stereocenters. The average Bonchev–Trinajstić information content (AvgIpc) is 2.64. The number of aliphatic hydroxyl groups is 1. The van der Waals surface area contributed by atoms with Gasteiger partial charge in [0, 0.05) is 28.7 Å². The van der Waals surface area contributed by atoms with Crippen LogP contribution in [0.3, 0.4) is 0 Å². The fraction of sp³-hybridized carbons (Fsp3) is 0.600. The number of nitrogens with one attached hydrogen (secondary N) is 1. The van der Waals surface area contributed by atoms with Crippen molar-refractivity contribution in [2.24, 2.45) is 0 Å². The van der Waals surface area contributed by atoms with E-state index in [1.54, 1.807) is 23.1 Å². The third-order valence-electron chi connectivity index (χ3n) is 5.14. The first kappa shape index (κ1) is 22.3. The van der Waals surface area contributed by atoms with Gasteiger partial charge in [0.15, 0.2) is 0 Å². The highest BCUT2D eigenvalue weighted by Crippen LogP contribution is 2.29. The van der Waals surface area contributed by atoms with Gasteiger partial charge in [-0.05, 0) is 38.0 Å². The molecule has 7 nitrogen and oxygen atoms in total. The number of rotatable bonds is 4. The highest BCUT2D eigenvalue weighted by Gasteiger charge is 2.40. The lowest BCUT2D eigenvalue weighted by molar-refractivity contribution is -0.150. The van der Waals surface area contributed by atoms with E-state index in [-0.39, 0.29) is 56.2 Å². The minimum absolute atomic E-state index is 0.0559. The third kappa shape index (κ3) is 5.83. The highest BCUT2D eigenvalue weighted by molar-refractivity contribution is 6.35. The van der Waals surface area contributed by atoms with Crippen molar-refractivity contribution in [3.63, 3.8) is 0 Å². The molecule has 0 aliphatic carbocycles. The van der Waals surface area contributed by atoms with E-state index in [0.29, 0.717) is 35.0 Å². The van der Waals surface area contributed by atoms with E-state index in [1.807, 2.05) is 6.92 Å². The number of amides is 2. The topological polar surface area (TPSA) is 88.1 Å². The molecule has 2 fully saturated rings. The summed E-state index contributed by atoms with van der Waals surface area (Å²) in [5.74, 6) is -0.323. The molecule has 1 aromatic rings. The van der Waals surface area contributed by atoms with Crippen LogP contribution in [0.1, 0.15) is 36.5 Å². The first-order valence-corrected chi connectivity index (χ1v) is 10.6. The number of hydrogen-bond donors (Lipinski definition) is 2. The molecular weight excluding hydrogens is 419 g/mol. The van der Waals surface area contributed by atoms with E-state index < -0.39 is 6.10 Å². The van der Waals surface area contributed by atoms with Gasteiger partial charge < -0.3 is 24.8 Å². The molecule has 2 heterocycles. The Morgan fingerprint density at radius 2 is 1.93 bits per heavy atom. The van der Waals surface area contributed by atoms with E-state index in [2.05, 4.69) is 5.32 Å². The number of β-amino-alcohol motifs (C(OH)–C–C–N with tert-alkyl or cyclic N) is 1. The zero-order valence-electron chi connectivity index (χ0n) is 16.3. The second-order valence-corrected chi connectivity index (χ2v) is 8.28. The highest BCUT2D eigenvalue weighted by atomic mass is 35.5. The second-order valence-electron chi connectivity index (χ2n) is 7.41. The first-order valence-electron chi connectivity index (χ1n) is 9.82. The molecule has 0 aromatic heterocycles. The number of hydrogen-bond acceptors (Lipinski definition) is 5. The maximum absolute atomic E-state index is 13.3. The van der Waals surface area contributed by atoms with Crippen molar-refractivity contribution in [2.45, 2.75) is 50.5 Å². The molecule has 2 aliphatic heterocycles. The number of aliphatic hydroxyl groups excluding tert-OH is 1. The van der Waals surface area contributed by atoms with Crippen LogP contribution in [0.2, 0.25) is 10.0 Å². The van der Waals surface area contributed by atoms with Gasteiger partial charge >= 0.3 is 0 Å². The van der Waals surface area contributed by atoms with E-state index in [9.17, 15) is 14.7 Å². The Morgan fingerprint density at radius 1 is 1.21 bits per heavy atom. The lowest BCUT2D eigenvalue weighted by Crippen LogP contribution is -2.57. The Bertz CT molecular complexity index is 727. The van der Waals surface area contributed by atoms with Crippen LogP contribution in [0.25, 0.3) is 0 Å². The molecular formula is C20H26Cl2N2O5. The van der Waals surface area contributed by atoms with Gasteiger partial charge in [-0.15, -0.1) is 0 Å². The Balaban J connectivity index is 1.78. The van der Waals surface area contributed by atoms with Crippen LogP contribution < -0.4 is 5.32 Å². The molecule has 0 spiro atoms. The predicted octanol–water partition coefficient (Wildman–Crippen LogP) is 2.27. The van der Waals surface area contributed by atoms with E-state index >= 15 is 0 Å². The lowest BCUT2D eigenvalue weighted by atomic mass is 9.94. The fourth-order valence-electron chi connectivity index (χ4n) is 3.89. The van der Waals surface area contributed by atoms with Gasteiger partial charge in [-0.2, -0.15) is 0 Å². The van der Waals surface area contributed by atoms with E-state index in [0.717, 1.165) is 0 Å². The van der Waals surface area contributed by atoms with Crippen molar-refractivity contribution in [3.05, 3.63) is 33.8 Å². The Hall–Kier alpha value is -1.38. The molecule has 0 saturated carbocycles. The van der Waals surface area contributed by atoms with Crippen molar-refractivity contribution in [2.75, 3.05) is 26.3 Å². The number of carbonyl (C=O) groups is 2. The summed E-state index contributed by atoms with van der Waals surface area (Å²) >= 11 is 12.1. The van der Waals surface area contributed by atoms with Crippen LogP contribution in [-0.2, 0) is 14.3 Å².